The largest absolute Gasteiger partial charge is 0.481 e. The molecule has 1 aromatic heterocycles. The number of hydrogen-bond acceptors (Lipinski definition) is 2. The zero-order chi connectivity index (χ0) is 14.7. The lowest BCUT2D eigenvalue weighted by molar-refractivity contribution is -0.136. The fraction of sp³-hybridized carbons (Fsp3) is 0.375. The van der Waals surface area contributed by atoms with E-state index in [2.05, 4.69) is 36.3 Å². The van der Waals surface area contributed by atoms with E-state index in [1.165, 1.54) is 11.1 Å². The van der Waals surface area contributed by atoms with E-state index in [1.807, 2.05) is 18.5 Å². The summed E-state index contributed by atoms with van der Waals surface area (Å²) in [5.74, 6) is -0.817. The molecule has 0 amide bonds. The highest BCUT2D eigenvalue weighted by atomic mass is 16.4. The van der Waals surface area contributed by atoms with Crippen LogP contribution in [0, 0.1) is 13.8 Å². The molecule has 0 unspecified atom stereocenters. The van der Waals surface area contributed by atoms with Crippen LogP contribution in [0.4, 0.5) is 0 Å². The van der Waals surface area contributed by atoms with E-state index in [4.69, 9.17) is 5.11 Å². The minimum Gasteiger partial charge on any atom is -0.481 e. The fourth-order valence-electron chi connectivity index (χ4n) is 2.35. The monoisotopic (exact) mass is 272 g/mol. The summed E-state index contributed by atoms with van der Waals surface area (Å²) >= 11 is 0. The maximum atomic E-state index is 10.9. The standard InChI is InChI=1S/C16H20N2O2/c1-4-13-5-7-14(8-6-13)10-18-12(3)15(9-16(19)20)11(2)17-18/h5-8H,4,9-10H2,1-3H3,(H,19,20). The molecule has 2 rings (SSSR count). The molecule has 0 aliphatic heterocycles. The Labute approximate surface area is 119 Å². The van der Waals surface area contributed by atoms with E-state index in [-0.39, 0.29) is 6.42 Å². The molecule has 0 radical (unpaired) electrons. The number of carbonyl (C=O) groups is 1. The summed E-state index contributed by atoms with van der Waals surface area (Å²) in [5.41, 5.74) is 5.05. The van der Waals surface area contributed by atoms with Crippen molar-refractivity contribution in [3.63, 3.8) is 0 Å². The average molecular weight is 272 g/mol. The fourth-order valence-corrected chi connectivity index (χ4v) is 2.35. The van der Waals surface area contributed by atoms with Crippen molar-refractivity contribution >= 4 is 5.97 Å². The van der Waals surface area contributed by atoms with Crippen LogP contribution in [0.1, 0.15) is 35.0 Å². The first kappa shape index (κ1) is 14.3. The molecule has 0 saturated carbocycles. The second kappa shape index (κ2) is 5.90. The van der Waals surface area contributed by atoms with Gasteiger partial charge in [-0.15, -0.1) is 0 Å². The highest BCUT2D eigenvalue weighted by Gasteiger charge is 2.14. The summed E-state index contributed by atoms with van der Waals surface area (Å²) in [4.78, 5) is 10.9. The van der Waals surface area contributed by atoms with E-state index < -0.39 is 5.97 Å². The third-order valence-electron chi connectivity index (χ3n) is 3.62. The van der Waals surface area contributed by atoms with Crippen LogP contribution in [-0.2, 0) is 24.2 Å². The van der Waals surface area contributed by atoms with E-state index in [0.717, 1.165) is 23.4 Å². The lowest BCUT2D eigenvalue weighted by atomic mass is 10.1. The van der Waals surface area contributed by atoms with Crippen molar-refractivity contribution in [2.24, 2.45) is 0 Å². The van der Waals surface area contributed by atoms with Gasteiger partial charge in [0.05, 0.1) is 18.7 Å². The van der Waals surface area contributed by atoms with Crippen molar-refractivity contribution in [2.75, 3.05) is 0 Å². The average Bonchev–Trinajstić information content (AvgIpc) is 2.67. The summed E-state index contributed by atoms with van der Waals surface area (Å²) in [6.45, 7) is 6.60. The van der Waals surface area contributed by atoms with Crippen molar-refractivity contribution in [1.29, 1.82) is 0 Å². The van der Waals surface area contributed by atoms with E-state index in [1.54, 1.807) is 0 Å². The Morgan fingerprint density at radius 1 is 1.20 bits per heavy atom. The highest BCUT2D eigenvalue weighted by molar-refractivity contribution is 5.70. The van der Waals surface area contributed by atoms with Crippen molar-refractivity contribution in [2.45, 2.75) is 40.2 Å². The van der Waals surface area contributed by atoms with Gasteiger partial charge in [0.25, 0.3) is 0 Å². The topological polar surface area (TPSA) is 55.1 Å². The van der Waals surface area contributed by atoms with Crippen LogP contribution >= 0.6 is 0 Å². The lowest BCUT2D eigenvalue weighted by Gasteiger charge is -2.06. The predicted molar refractivity (Wildman–Crippen MR) is 78.0 cm³/mol. The predicted octanol–water partition coefficient (Wildman–Crippen LogP) is 2.74. The van der Waals surface area contributed by atoms with Gasteiger partial charge in [-0.1, -0.05) is 31.2 Å². The zero-order valence-electron chi connectivity index (χ0n) is 12.2. The van der Waals surface area contributed by atoms with Crippen molar-refractivity contribution in [1.82, 2.24) is 9.78 Å². The quantitative estimate of drug-likeness (QED) is 0.910. The smallest absolute Gasteiger partial charge is 0.307 e. The van der Waals surface area contributed by atoms with Gasteiger partial charge in [0.2, 0.25) is 0 Å². The maximum Gasteiger partial charge on any atom is 0.307 e. The zero-order valence-corrected chi connectivity index (χ0v) is 12.2. The van der Waals surface area contributed by atoms with Crippen LogP contribution in [0.3, 0.4) is 0 Å². The Morgan fingerprint density at radius 2 is 1.80 bits per heavy atom. The summed E-state index contributed by atoms with van der Waals surface area (Å²) < 4.78 is 1.88. The van der Waals surface area contributed by atoms with Gasteiger partial charge in [0.1, 0.15) is 0 Å². The molecule has 106 valence electrons. The minimum atomic E-state index is -0.817. The number of nitrogens with zero attached hydrogens (tertiary/aromatic N) is 2. The Balaban J connectivity index is 2.22. The van der Waals surface area contributed by atoms with Crippen molar-refractivity contribution < 1.29 is 9.90 Å². The number of aromatic nitrogens is 2. The normalized spacial score (nSPS) is 10.8. The Kier molecular flexibility index (Phi) is 4.23. The van der Waals surface area contributed by atoms with Gasteiger partial charge in [0.15, 0.2) is 0 Å². The SMILES string of the molecule is CCc1ccc(Cn2nc(C)c(CC(=O)O)c2C)cc1. The molecule has 4 nitrogen and oxygen atoms in total. The summed E-state index contributed by atoms with van der Waals surface area (Å²) in [6.07, 6.45) is 1.06. The third-order valence-corrected chi connectivity index (χ3v) is 3.62. The number of rotatable bonds is 5. The molecule has 20 heavy (non-hydrogen) atoms. The molecule has 0 saturated heterocycles. The molecule has 0 atom stereocenters. The molecule has 1 N–H and O–H groups in total. The van der Waals surface area contributed by atoms with Crippen molar-refractivity contribution in [3.05, 3.63) is 52.3 Å². The van der Waals surface area contributed by atoms with Crippen LogP contribution in [0.15, 0.2) is 24.3 Å². The number of carboxylic acid groups (broad SMARTS) is 1. The first-order chi connectivity index (χ1) is 9.51. The Morgan fingerprint density at radius 3 is 2.35 bits per heavy atom. The third kappa shape index (κ3) is 3.07. The summed E-state index contributed by atoms with van der Waals surface area (Å²) in [6, 6.07) is 8.46. The van der Waals surface area contributed by atoms with Gasteiger partial charge < -0.3 is 5.11 Å². The second-order valence-corrected chi connectivity index (χ2v) is 5.05. The molecule has 0 aliphatic carbocycles. The Bertz CT molecular complexity index is 612. The molecule has 0 fully saturated rings. The van der Waals surface area contributed by atoms with E-state index in [9.17, 15) is 4.79 Å². The van der Waals surface area contributed by atoms with Gasteiger partial charge >= 0.3 is 5.97 Å². The van der Waals surface area contributed by atoms with Gasteiger partial charge in [0, 0.05) is 11.3 Å². The van der Waals surface area contributed by atoms with Gasteiger partial charge in [-0.25, -0.2) is 0 Å². The molecule has 0 spiro atoms. The second-order valence-electron chi connectivity index (χ2n) is 5.05. The molecule has 1 heterocycles. The number of hydrogen-bond donors (Lipinski definition) is 1. The van der Waals surface area contributed by atoms with Gasteiger partial charge in [-0.05, 0) is 31.4 Å². The molecule has 0 bridgehead atoms. The lowest BCUT2D eigenvalue weighted by Crippen LogP contribution is -2.06. The van der Waals surface area contributed by atoms with Crippen molar-refractivity contribution in [3.8, 4) is 0 Å². The molecule has 2 aromatic rings. The van der Waals surface area contributed by atoms with Crippen LogP contribution in [0.25, 0.3) is 0 Å². The molecule has 1 aromatic carbocycles. The molecular formula is C16H20N2O2. The van der Waals surface area contributed by atoms with Gasteiger partial charge in [-0.2, -0.15) is 5.10 Å². The number of aryl methyl sites for hydroxylation is 2. The van der Waals surface area contributed by atoms with E-state index >= 15 is 0 Å². The summed E-state index contributed by atoms with van der Waals surface area (Å²) in [7, 11) is 0. The first-order valence-corrected chi connectivity index (χ1v) is 6.83. The first-order valence-electron chi connectivity index (χ1n) is 6.83. The van der Waals surface area contributed by atoms with E-state index in [0.29, 0.717) is 6.54 Å². The number of carboxylic acids is 1. The maximum absolute atomic E-state index is 10.9. The summed E-state index contributed by atoms with van der Waals surface area (Å²) in [5, 5.41) is 13.4. The van der Waals surface area contributed by atoms with Gasteiger partial charge in [-0.3, -0.25) is 9.48 Å². The van der Waals surface area contributed by atoms with Crippen LogP contribution in [0.2, 0.25) is 0 Å². The van der Waals surface area contributed by atoms with Crippen LogP contribution in [-0.4, -0.2) is 20.9 Å². The minimum absolute atomic E-state index is 0.0342. The highest BCUT2D eigenvalue weighted by Crippen LogP contribution is 2.16. The number of benzene rings is 1. The molecular weight excluding hydrogens is 252 g/mol. The number of aliphatic carboxylic acids is 1. The Hall–Kier alpha value is -2.10. The van der Waals surface area contributed by atoms with Crippen LogP contribution < -0.4 is 0 Å². The van der Waals surface area contributed by atoms with Crippen LogP contribution in [0.5, 0.6) is 0 Å². The molecule has 4 heteroatoms. The molecule has 0 aliphatic rings.